The fourth-order valence-electron chi connectivity index (χ4n) is 1.68. The van der Waals surface area contributed by atoms with Gasteiger partial charge in [-0.2, -0.15) is 0 Å². The van der Waals surface area contributed by atoms with Crippen molar-refractivity contribution >= 4 is 0 Å². The van der Waals surface area contributed by atoms with Gasteiger partial charge >= 0.3 is 0 Å². The number of hydrogen-bond acceptors (Lipinski definition) is 5. The van der Waals surface area contributed by atoms with E-state index in [0.717, 1.165) is 17.1 Å². The van der Waals surface area contributed by atoms with Crippen LogP contribution in [0.1, 0.15) is 32.2 Å². The molecule has 2 aromatic rings. The van der Waals surface area contributed by atoms with Gasteiger partial charge in [0.1, 0.15) is 12.4 Å². The third-order valence-corrected chi connectivity index (χ3v) is 2.86. The smallest absolute Gasteiger partial charge is 0.137 e. The van der Waals surface area contributed by atoms with Gasteiger partial charge in [0.2, 0.25) is 0 Å². The molecule has 2 rings (SSSR count). The minimum atomic E-state index is 0.0747. The largest absolute Gasteiger partial charge is 0.490 e. The predicted octanol–water partition coefficient (Wildman–Crippen LogP) is 1.95. The highest BCUT2D eigenvalue weighted by Crippen LogP contribution is 2.08. The second-order valence-electron chi connectivity index (χ2n) is 6.06. The minimum absolute atomic E-state index is 0.0747. The van der Waals surface area contributed by atoms with Gasteiger partial charge in [0.05, 0.1) is 18.4 Å². The molecule has 0 aliphatic carbocycles. The average molecular weight is 289 g/mol. The van der Waals surface area contributed by atoms with Crippen molar-refractivity contribution in [1.82, 2.24) is 25.3 Å². The summed E-state index contributed by atoms with van der Waals surface area (Å²) in [5.41, 5.74) is 1.99. The van der Waals surface area contributed by atoms with Gasteiger partial charge in [-0.3, -0.25) is 4.98 Å². The van der Waals surface area contributed by atoms with Crippen LogP contribution >= 0.6 is 0 Å². The van der Waals surface area contributed by atoms with E-state index in [9.17, 15) is 0 Å². The number of nitrogens with zero attached hydrogens (tertiary/aromatic N) is 4. The molecular formula is C15H23N5O. The lowest BCUT2D eigenvalue weighted by atomic mass is 10.1. The quantitative estimate of drug-likeness (QED) is 0.880. The summed E-state index contributed by atoms with van der Waals surface area (Å²) in [6.07, 6.45) is 3.67. The molecule has 0 fully saturated rings. The van der Waals surface area contributed by atoms with Crippen molar-refractivity contribution in [3.05, 3.63) is 35.9 Å². The van der Waals surface area contributed by atoms with Crippen LogP contribution in [0.3, 0.4) is 0 Å². The average Bonchev–Trinajstić information content (AvgIpc) is 2.86. The van der Waals surface area contributed by atoms with Crippen LogP contribution in [0.5, 0.6) is 5.75 Å². The molecule has 0 saturated carbocycles. The molecule has 2 heterocycles. The Morgan fingerprint density at radius 1 is 1.29 bits per heavy atom. The number of rotatable bonds is 6. The summed E-state index contributed by atoms with van der Waals surface area (Å²) in [6, 6.07) is 3.85. The van der Waals surface area contributed by atoms with Crippen molar-refractivity contribution in [3.63, 3.8) is 0 Å². The lowest BCUT2D eigenvalue weighted by Gasteiger charge is -2.19. The molecule has 6 heteroatoms. The van der Waals surface area contributed by atoms with Crippen LogP contribution in [-0.4, -0.2) is 32.1 Å². The molecule has 0 radical (unpaired) electrons. The maximum Gasteiger partial charge on any atom is 0.137 e. The highest BCUT2D eigenvalue weighted by Gasteiger charge is 2.10. The molecule has 0 aromatic carbocycles. The first-order valence-electron chi connectivity index (χ1n) is 7.12. The summed E-state index contributed by atoms with van der Waals surface area (Å²) in [6.45, 7) is 10.2. The van der Waals surface area contributed by atoms with Crippen molar-refractivity contribution in [3.8, 4) is 5.75 Å². The fraction of sp³-hybridized carbons (Fsp3) is 0.533. The first-order valence-corrected chi connectivity index (χ1v) is 7.12. The van der Waals surface area contributed by atoms with Gasteiger partial charge in [0, 0.05) is 24.0 Å². The molecule has 6 nitrogen and oxygen atoms in total. The fourth-order valence-corrected chi connectivity index (χ4v) is 1.68. The maximum atomic E-state index is 5.62. The van der Waals surface area contributed by atoms with Crippen LogP contribution in [0.25, 0.3) is 0 Å². The van der Waals surface area contributed by atoms with E-state index in [4.69, 9.17) is 4.74 Å². The van der Waals surface area contributed by atoms with Gasteiger partial charge in [0.15, 0.2) is 0 Å². The zero-order chi connectivity index (χ0) is 15.3. The molecule has 0 atom stereocenters. The maximum absolute atomic E-state index is 5.62. The van der Waals surface area contributed by atoms with Gasteiger partial charge in [0.25, 0.3) is 0 Å². The van der Waals surface area contributed by atoms with Gasteiger partial charge in [-0.15, -0.1) is 5.10 Å². The molecule has 0 unspecified atom stereocenters. The zero-order valence-electron chi connectivity index (χ0n) is 13.1. The molecule has 114 valence electrons. The molecule has 0 spiro atoms. The van der Waals surface area contributed by atoms with Crippen molar-refractivity contribution in [1.29, 1.82) is 0 Å². The summed E-state index contributed by atoms with van der Waals surface area (Å²) < 4.78 is 7.41. The lowest BCUT2D eigenvalue weighted by molar-refractivity contribution is 0.288. The predicted molar refractivity (Wildman–Crippen MR) is 81.1 cm³/mol. The highest BCUT2D eigenvalue weighted by atomic mass is 16.5. The van der Waals surface area contributed by atoms with Gasteiger partial charge in [-0.25, -0.2) is 4.68 Å². The van der Waals surface area contributed by atoms with Crippen LogP contribution in [-0.2, 0) is 13.1 Å². The van der Waals surface area contributed by atoms with Crippen LogP contribution in [0.4, 0.5) is 0 Å². The first-order chi connectivity index (χ1) is 9.92. The Kier molecular flexibility index (Phi) is 4.90. The van der Waals surface area contributed by atoms with E-state index in [1.165, 1.54) is 0 Å². The SMILES string of the molecule is Cc1ccc(OCCn2cc(CNC(C)(C)C)nn2)cn1. The number of hydrogen-bond donors (Lipinski definition) is 1. The second kappa shape index (κ2) is 6.67. The molecular weight excluding hydrogens is 266 g/mol. The van der Waals surface area contributed by atoms with Crippen LogP contribution in [0, 0.1) is 6.92 Å². The summed E-state index contributed by atoms with van der Waals surface area (Å²) in [5.74, 6) is 0.773. The number of aryl methyl sites for hydroxylation is 1. The highest BCUT2D eigenvalue weighted by molar-refractivity contribution is 5.18. The Hall–Kier alpha value is -1.95. The van der Waals surface area contributed by atoms with E-state index < -0.39 is 0 Å². The zero-order valence-corrected chi connectivity index (χ0v) is 13.1. The molecule has 0 bridgehead atoms. The van der Waals surface area contributed by atoms with Crippen LogP contribution in [0.2, 0.25) is 0 Å². The van der Waals surface area contributed by atoms with E-state index in [0.29, 0.717) is 19.7 Å². The molecule has 0 amide bonds. The van der Waals surface area contributed by atoms with E-state index in [2.05, 4.69) is 41.4 Å². The number of pyridine rings is 1. The Bertz CT molecular complexity index is 556. The van der Waals surface area contributed by atoms with Crippen molar-refractivity contribution in [2.24, 2.45) is 0 Å². The molecule has 2 aromatic heterocycles. The molecule has 21 heavy (non-hydrogen) atoms. The second-order valence-corrected chi connectivity index (χ2v) is 6.06. The summed E-state index contributed by atoms with van der Waals surface area (Å²) in [5, 5.41) is 11.6. The Morgan fingerprint density at radius 2 is 2.10 bits per heavy atom. The van der Waals surface area contributed by atoms with Gasteiger partial charge in [-0.1, -0.05) is 5.21 Å². The Morgan fingerprint density at radius 3 is 2.76 bits per heavy atom. The number of ether oxygens (including phenoxy) is 1. The molecule has 0 aliphatic rings. The van der Waals surface area contributed by atoms with E-state index in [1.54, 1.807) is 10.9 Å². The number of aromatic nitrogens is 4. The van der Waals surface area contributed by atoms with Crippen LogP contribution < -0.4 is 10.1 Å². The standard InChI is InChI=1S/C15H23N5O/c1-12-5-6-14(10-16-12)21-8-7-20-11-13(18-19-20)9-17-15(2,3)4/h5-6,10-11,17H,7-9H2,1-4H3. The normalized spacial score (nSPS) is 11.6. The summed E-state index contributed by atoms with van der Waals surface area (Å²) >= 11 is 0. The van der Waals surface area contributed by atoms with Crippen LogP contribution in [0.15, 0.2) is 24.5 Å². The van der Waals surface area contributed by atoms with E-state index >= 15 is 0 Å². The van der Waals surface area contributed by atoms with E-state index in [1.807, 2.05) is 25.3 Å². The Labute approximate surface area is 125 Å². The summed E-state index contributed by atoms with van der Waals surface area (Å²) in [7, 11) is 0. The third kappa shape index (κ3) is 5.51. The van der Waals surface area contributed by atoms with E-state index in [-0.39, 0.29) is 5.54 Å². The Balaban J connectivity index is 1.76. The van der Waals surface area contributed by atoms with Crippen molar-refractivity contribution in [2.75, 3.05) is 6.61 Å². The topological polar surface area (TPSA) is 64.9 Å². The third-order valence-electron chi connectivity index (χ3n) is 2.86. The molecule has 0 saturated heterocycles. The molecule has 1 N–H and O–H groups in total. The first kappa shape index (κ1) is 15.4. The van der Waals surface area contributed by atoms with Crippen molar-refractivity contribution in [2.45, 2.75) is 46.3 Å². The number of nitrogens with one attached hydrogen (secondary N) is 1. The molecule has 0 aliphatic heterocycles. The van der Waals surface area contributed by atoms with Crippen molar-refractivity contribution < 1.29 is 4.74 Å². The minimum Gasteiger partial charge on any atom is -0.490 e. The van der Waals surface area contributed by atoms with Gasteiger partial charge < -0.3 is 10.1 Å². The lowest BCUT2D eigenvalue weighted by Crippen LogP contribution is -2.35. The summed E-state index contributed by atoms with van der Waals surface area (Å²) in [4.78, 5) is 4.19. The monoisotopic (exact) mass is 289 g/mol. The van der Waals surface area contributed by atoms with Gasteiger partial charge in [-0.05, 0) is 39.8 Å².